The van der Waals surface area contributed by atoms with Crippen molar-refractivity contribution in [3.8, 4) is 0 Å². The summed E-state index contributed by atoms with van der Waals surface area (Å²) in [6.07, 6.45) is 1.47. The summed E-state index contributed by atoms with van der Waals surface area (Å²) < 4.78 is 28.0. The molecule has 0 fully saturated rings. The first-order chi connectivity index (χ1) is 13.6. The van der Waals surface area contributed by atoms with Gasteiger partial charge in [0.05, 0.1) is 12.1 Å². The Labute approximate surface area is 175 Å². The zero-order chi connectivity index (χ0) is 21.3. The van der Waals surface area contributed by atoms with Crippen LogP contribution in [0.25, 0.3) is 0 Å². The molecule has 9 heteroatoms. The lowest BCUT2D eigenvalue weighted by Gasteiger charge is -2.24. The molecule has 7 nitrogen and oxygen atoms in total. The van der Waals surface area contributed by atoms with E-state index in [1.54, 1.807) is 24.3 Å². The Morgan fingerprint density at radius 1 is 1.03 bits per heavy atom. The molecular formula is C20H25N3O4S2. The number of hydrogen-bond donors (Lipinski definition) is 0. The van der Waals surface area contributed by atoms with Crippen molar-refractivity contribution in [1.29, 1.82) is 0 Å². The quantitative estimate of drug-likeness (QED) is 0.594. The van der Waals surface area contributed by atoms with Gasteiger partial charge >= 0.3 is 0 Å². The fraction of sp³-hybridized carbons (Fsp3) is 0.450. The van der Waals surface area contributed by atoms with Crippen LogP contribution in [-0.4, -0.2) is 47.5 Å². The number of carbonyl (C=O) groups excluding carboxylic acids is 2. The molecule has 0 atom stereocenters. The number of pyridine rings is 1. The summed E-state index contributed by atoms with van der Waals surface area (Å²) in [7, 11) is -3.63. The minimum absolute atomic E-state index is 0.0303. The third-order valence-corrected chi connectivity index (χ3v) is 7.78. The van der Waals surface area contributed by atoms with Crippen LogP contribution in [0.1, 0.15) is 53.4 Å². The summed E-state index contributed by atoms with van der Waals surface area (Å²) in [5, 5.41) is 0. The zero-order valence-electron chi connectivity index (χ0n) is 17.0. The summed E-state index contributed by atoms with van der Waals surface area (Å²) in [5.41, 5.74) is 0.420. The molecule has 0 aromatic carbocycles. The van der Waals surface area contributed by atoms with Crippen molar-refractivity contribution < 1.29 is 18.0 Å². The third kappa shape index (κ3) is 4.41. The van der Waals surface area contributed by atoms with Crippen molar-refractivity contribution in [2.75, 3.05) is 13.1 Å². The lowest BCUT2D eigenvalue weighted by Crippen LogP contribution is -2.36. The van der Waals surface area contributed by atoms with Gasteiger partial charge in [-0.25, -0.2) is 8.42 Å². The summed E-state index contributed by atoms with van der Waals surface area (Å²) in [6.45, 7) is 8.86. The highest BCUT2D eigenvalue weighted by atomic mass is 32.2. The van der Waals surface area contributed by atoms with E-state index in [1.165, 1.54) is 10.5 Å². The van der Waals surface area contributed by atoms with Crippen LogP contribution in [0.2, 0.25) is 0 Å². The van der Waals surface area contributed by atoms with Crippen LogP contribution in [0.4, 0.5) is 0 Å². The predicted octanol–water partition coefficient (Wildman–Crippen LogP) is 3.24. The molecule has 0 spiro atoms. The van der Waals surface area contributed by atoms with Gasteiger partial charge in [0.1, 0.15) is 9.90 Å². The summed E-state index contributed by atoms with van der Waals surface area (Å²) in [4.78, 5) is 30.7. The van der Waals surface area contributed by atoms with E-state index in [-0.39, 0.29) is 33.8 Å². The number of nitrogens with zero attached hydrogens (tertiary/aromatic N) is 3. The fourth-order valence-corrected chi connectivity index (χ4v) is 6.47. The summed E-state index contributed by atoms with van der Waals surface area (Å²) in [5.74, 6) is -0.454. The van der Waals surface area contributed by atoms with Gasteiger partial charge in [-0.2, -0.15) is 4.31 Å². The average Bonchev–Trinajstić information content (AvgIpc) is 3.21. The maximum atomic E-state index is 13.1. The van der Waals surface area contributed by atoms with Crippen LogP contribution in [0, 0.1) is 11.8 Å². The molecule has 0 N–H and O–H groups in total. The van der Waals surface area contributed by atoms with E-state index in [9.17, 15) is 18.0 Å². The average molecular weight is 436 g/mol. The number of imide groups is 1. The smallest absolute Gasteiger partial charge is 0.268 e. The Morgan fingerprint density at radius 3 is 2.28 bits per heavy atom. The molecule has 2 aromatic heterocycles. The molecule has 2 amide bonds. The molecular weight excluding hydrogens is 410 g/mol. The molecule has 0 radical (unpaired) electrons. The number of aromatic nitrogens is 1. The van der Waals surface area contributed by atoms with Crippen molar-refractivity contribution in [2.24, 2.45) is 11.8 Å². The number of thiophene rings is 1. The zero-order valence-corrected chi connectivity index (χ0v) is 18.6. The topological polar surface area (TPSA) is 87.7 Å². The highest BCUT2D eigenvalue weighted by Crippen LogP contribution is 2.29. The van der Waals surface area contributed by atoms with Crippen LogP contribution in [-0.2, 0) is 16.6 Å². The van der Waals surface area contributed by atoms with E-state index >= 15 is 0 Å². The number of rotatable bonds is 8. The van der Waals surface area contributed by atoms with Gasteiger partial charge in [0.2, 0.25) is 0 Å². The Kier molecular flexibility index (Phi) is 6.21. The fourth-order valence-electron chi connectivity index (χ4n) is 3.21. The highest BCUT2D eigenvalue weighted by molar-refractivity contribution is 7.91. The second-order valence-corrected chi connectivity index (χ2v) is 11.3. The van der Waals surface area contributed by atoms with Gasteiger partial charge in [-0.3, -0.25) is 19.5 Å². The van der Waals surface area contributed by atoms with E-state index in [0.29, 0.717) is 18.0 Å². The number of carbonyl (C=O) groups is 2. The third-order valence-electron chi connectivity index (χ3n) is 4.41. The van der Waals surface area contributed by atoms with E-state index in [4.69, 9.17) is 0 Å². The van der Waals surface area contributed by atoms with Crippen molar-refractivity contribution >= 4 is 33.2 Å². The van der Waals surface area contributed by atoms with Crippen molar-refractivity contribution in [3.63, 3.8) is 0 Å². The molecule has 0 saturated carbocycles. The molecule has 1 aliphatic heterocycles. The molecule has 0 unspecified atom stereocenters. The highest BCUT2D eigenvalue weighted by Gasteiger charge is 2.37. The van der Waals surface area contributed by atoms with Gasteiger partial charge in [-0.05, 0) is 36.1 Å². The molecule has 0 saturated heterocycles. The van der Waals surface area contributed by atoms with Crippen molar-refractivity contribution in [1.82, 2.24) is 14.2 Å². The van der Waals surface area contributed by atoms with Gasteiger partial charge in [0.25, 0.3) is 21.8 Å². The van der Waals surface area contributed by atoms with E-state index in [2.05, 4.69) is 4.98 Å². The molecule has 29 heavy (non-hydrogen) atoms. The van der Waals surface area contributed by atoms with Gasteiger partial charge in [-0.15, -0.1) is 11.3 Å². The Balaban J connectivity index is 1.82. The Morgan fingerprint density at radius 2 is 1.69 bits per heavy atom. The maximum absolute atomic E-state index is 13.1. The molecule has 2 aromatic rings. The summed E-state index contributed by atoms with van der Waals surface area (Å²) in [6, 6.07) is 6.40. The van der Waals surface area contributed by atoms with Crippen LogP contribution in [0.15, 0.2) is 34.7 Å². The van der Waals surface area contributed by atoms with Crippen LogP contribution >= 0.6 is 11.3 Å². The lowest BCUT2D eigenvalue weighted by molar-refractivity contribution is 0.0642. The van der Waals surface area contributed by atoms with E-state index < -0.39 is 21.8 Å². The van der Waals surface area contributed by atoms with Crippen molar-refractivity contribution in [3.05, 3.63) is 46.6 Å². The first-order valence-corrected chi connectivity index (χ1v) is 11.8. The largest absolute Gasteiger partial charge is 0.280 e. The van der Waals surface area contributed by atoms with Crippen LogP contribution in [0.5, 0.6) is 0 Å². The normalized spacial score (nSPS) is 14.5. The monoisotopic (exact) mass is 435 g/mol. The van der Waals surface area contributed by atoms with Gasteiger partial charge in [0.15, 0.2) is 0 Å². The van der Waals surface area contributed by atoms with Crippen LogP contribution in [0.3, 0.4) is 0 Å². The molecule has 156 valence electrons. The second-order valence-electron chi connectivity index (χ2n) is 7.93. The Bertz CT molecular complexity index is 983. The standard InChI is InChI=1S/C20H25N3O4S2/c1-13(2)10-22(11-14(3)4)29(26,27)17-8-7-15(28-17)12-23-19(24)16-6-5-9-21-18(16)20(23)25/h5-9,13-14H,10-12H2,1-4H3. The molecule has 3 heterocycles. The van der Waals surface area contributed by atoms with Crippen LogP contribution < -0.4 is 0 Å². The molecule has 1 aliphatic rings. The summed E-state index contributed by atoms with van der Waals surface area (Å²) >= 11 is 1.10. The number of amides is 2. The molecule has 0 bridgehead atoms. The minimum atomic E-state index is -3.63. The minimum Gasteiger partial charge on any atom is -0.268 e. The molecule has 3 rings (SSSR count). The lowest BCUT2D eigenvalue weighted by atomic mass is 10.2. The maximum Gasteiger partial charge on any atom is 0.280 e. The number of sulfonamides is 1. The predicted molar refractivity (Wildman–Crippen MR) is 111 cm³/mol. The van der Waals surface area contributed by atoms with E-state index in [0.717, 1.165) is 16.2 Å². The van der Waals surface area contributed by atoms with E-state index in [1.807, 2.05) is 27.7 Å². The van der Waals surface area contributed by atoms with Gasteiger partial charge in [0, 0.05) is 24.2 Å². The number of hydrogen-bond acceptors (Lipinski definition) is 6. The van der Waals surface area contributed by atoms with Gasteiger partial charge < -0.3 is 0 Å². The Hall–Kier alpha value is -2.10. The van der Waals surface area contributed by atoms with Gasteiger partial charge in [-0.1, -0.05) is 27.7 Å². The first kappa shape index (κ1) is 21.6. The molecule has 0 aliphatic carbocycles. The number of fused-ring (bicyclic) bond motifs is 1. The second kappa shape index (κ2) is 8.33. The first-order valence-electron chi connectivity index (χ1n) is 9.51. The SMILES string of the molecule is CC(C)CN(CC(C)C)S(=O)(=O)c1ccc(CN2C(=O)c3cccnc3C2=O)s1. The van der Waals surface area contributed by atoms with Crippen molar-refractivity contribution in [2.45, 2.75) is 38.4 Å².